The Morgan fingerprint density at radius 3 is 2.10 bits per heavy atom. The topological polar surface area (TPSA) is 48.3 Å². The van der Waals surface area contributed by atoms with Crippen molar-refractivity contribution in [2.45, 2.75) is 45.1 Å². The third-order valence-electron chi connectivity index (χ3n) is 5.82. The molecule has 0 bridgehead atoms. The van der Waals surface area contributed by atoms with E-state index in [4.69, 9.17) is 4.74 Å². The summed E-state index contributed by atoms with van der Waals surface area (Å²) in [6.07, 6.45) is 4.19. The number of aromatic nitrogens is 1. The first-order valence-electron chi connectivity index (χ1n) is 10.7. The van der Waals surface area contributed by atoms with Gasteiger partial charge >= 0.3 is 5.97 Å². The molecule has 0 fully saturated rings. The summed E-state index contributed by atoms with van der Waals surface area (Å²) in [4.78, 5) is 24.8. The third-order valence-corrected chi connectivity index (χ3v) is 5.82. The number of rotatable bonds is 8. The van der Waals surface area contributed by atoms with Crippen LogP contribution in [0.15, 0.2) is 60.7 Å². The molecule has 30 heavy (non-hydrogen) atoms. The van der Waals surface area contributed by atoms with E-state index in [0.717, 1.165) is 41.8 Å². The molecule has 1 aliphatic rings. The third kappa shape index (κ3) is 3.95. The molecule has 2 aromatic carbocycles. The number of ether oxygens (including phenoxy) is 1. The molecule has 3 aromatic rings. The van der Waals surface area contributed by atoms with Crippen molar-refractivity contribution in [3.63, 3.8) is 0 Å². The van der Waals surface area contributed by atoms with E-state index in [2.05, 4.69) is 41.0 Å². The lowest BCUT2D eigenvalue weighted by Gasteiger charge is -2.11. The fraction of sp³-hybridized carbons (Fsp3) is 0.308. The molecule has 2 heterocycles. The monoisotopic (exact) mass is 401 g/mol. The standard InChI is InChI=1S/C26H27NO3/c1-30-23(29)17-9-8-16-22(28)26-25(20-13-6-3-7-14-20)24(19-11-4-2-5-12-19)21-15-10-18-27(21)26/h2-7,11-14H,8-10,15-18H2,1H3. The predicted molar refractivity (Wildman–Crippen MR) is 118 cm³/mol. The first-order chi connectivity index (χ1) is 14.7. The normalized spacial score (nSPS) is 12.6. The highest BCUT2D eigenvalue weighted by atomic mass is 16.5. The second-order valence-corrected chi connectivity index (χ2v) is 7.74. The molecule has 4 nitrogen and oxygen atoms in total. The second-order valence-electron chi connectivity index (χ2n) is 7.74. The van der Waals surface area contributed by atoms with E-state index in [1.165, 1.54) is 18.4 Å². The fourth-order valence-electron chi connectivity index (χ4n) is 4.45. The van der Waals surface area contributed by atoms with Crippen molar-refractivity contribution in [2.24, 2.45) is 0 Å². The van der Waals surface area contributed by atoms with Gasteiger partial charge in [-0.1, -0.05) is 60.7 Å². The average molecular weight is 402 g/mol. The summed E-state index contributed by atoms with van der Waals surface area (Å²) in [5.74, 6) is -0.0635. The molecule has 1 aliphatic heterocycles. The highest BCUT2D eigenvalue weighted by Crippen LogP contribution is 2.43. The van der Waals surface area contributed by atoms with Crippen LogP contribution in [-0.2, 0) is 22.5 Å². The number of hydrogen-bond donors (Lipinski definition) is 0. The van der Waals surface area contributed by atoms with Gasteiger partial charge in [-0.05, 0) is 36.8 Å². The van der Waals surface area contributed by atoms with Crippen LogP contribution >= 0.6 is 0 Å². The molecule has 0 N–H and O–H groups in total. The number of carbonyl (C=O) groups excluding carboxylic acids is 2. The van der Waals surface area contributed by atoms with Crippen LogP contribution < -0.4 is 0 Å². The van der Waals surface area contributed by atoms with Crippen molar-refractivity contribution in [1.82, 2.24) is 4.57 Å². The van der Waals surface area contributed by atoms with Gasteiger partial charge in [0.05, 0.1) is 12.8 Å². The Hall–Kier alpha value is -3.14. The Labute approximate surface area is 177 Å². The van der Waals surface area contributed by atoms with Gasteiger partial charge in [0.25, 0.3) is 0 Å². The zero-order chi connectivity index (χ0) is 20.9. The Morgan fingerprint density at radius 1 is 0.867 bits per heavy atom. The number of unbranched alkanes of at least 4 members (excludes halogenated alkanes) is 1. The summed E-state index contributed by atoms with van der Waals surface area (Å²) >= 11 is 0. The van der Waals surface area contributed by atoms with Crippen LogP contribution in [0.3, 0.4) is 0 Å². The van der Waals surface area contributed by atoms with Crippen molar-refractivity contribution in [3.05, 3.63) is 72.1 Å². The van der Waals surface area contributed by atoms with Gasteiger partial charge < -0.3 is 9.30 Å². The van der Waals surface area contributed by atoms with Crippen molar-refractivity contribution in [3.8, 4) is 22.3 Å². The zero-order valence-electron chi connectivity index (χ0n) is 17.4. The molecule has 0 amide bonds. The molecule has 1 aromatic heterocycles. The van der Waals surface area contributed by atoms with Crippen LogP contribution in [0.1, 0.15) is 48.3 Å². The quantitative estimate of drug-likeness (QED) is 0.277. The molecule has 0 spiro atoms. The van der Waals surface area contributed by atoms with Gasteiger partial charge in [-0.2, -0.15) is 0 Å². The minimum atomic E-state index is -0.220. The van der Waals surface area contributed by atoms with Crippen LogP contribution in [-0.4, -0.2) is 23.4 Å². The minimum Gasteiger partial charge on any atom is -0.469 e. The van der Waals surface area contributed by atoms with E-state index in [9.17, 15) is 9.59 Å². The van der Waals surface area contributed by atoms with Crippen LogP contribution in [0, 0.1) is 0 Å². The maximum atomic E-state index is 13.4. The average Bonchev–Trinajstić information content (AvgIpc) is 3.38. The van der Waals surface area contributed by atoms with Crippen molar-refractivity contribution >= 4 is 11.8 Å². The summed E-state index contributed by atoms with van der Waals surface area (Å²) in [6, 6.07) is 20.6. The predicted octanol–water partition coefficient (Wildman–Crippen LogP) is 5.68. The summed E-state index contributed by atoms with van der Waals surface area (Å²) in [7, 11) is 1.40. The van der Waals surface area contributed by atoms with E-state index in [-0.39, 0.29) is 11.8 Å². The largest absolute Gasteiger partial charge is 0.469 e. The van der Waals surface area contributed by atoms with Gasteiger partial charge in [0.2, 0.25) is 0 Å². The maximum absolute atomic E-state index is 13.4. The van der Waals surface area contributed by atoms with Gasteiger partial charge in [-0.25, -0.2) is 0 Å². The molecule has 0 atom stereocenters. The summed E-state index contributed by atoms with van der Waals surface area (Å²) in [5, 5.41) is 0. The number of esters is 1. The number of methoxy groups -OCH3 is 1. The fourth-order valence-corrected chi connectivity index (χ4v) is 4.45. The summed E-state index contributed by atoms with van der Waals surface area (Å²) in [5.41, 5.74) is 6.57. The van der Waals surface area contributed by atoms with Crippen molar-refractivity contribution < 1.29 is 14.3 Å². The zero-order valence-corrected chi connectivity index (χ0v) is 17.4. The van der Waals surface area contributed by atoms with Gasteiger partial charge in [0, 0.05) is 36.2 Å². The Kier molecular flexibility index (Phi) is 6.12. The number of Topliss-reactive ketones (excluding diaryl/α,β-unsaturated/α-hetero) is 1. The highest BCUT2D eigenvalue weighted by molar-refractivity contribution is 6.06. The van der Waals surface area contributed by atoms with Crippen molar-refractivity contribution in [1.29, 1.82) is 0 Å². The number of fused-ring (bicyclic) bond motifs is 1. The Morgan fingerprint density at radius 2 is 1.47 bits per heavy atom. The van der Waals surface area contributed by atoms with E-state index < -0.39 is 0 Å². The smallest absolute Gasteiger partial charge is 0.305 e. The van der Waals surface area contributed by atoms with Gasteiger partial charge in [0.15, 0.2) is 5.78 Å². The van der Waals surface area contributed by atoms with Gasteiger partial charge in [-0.15, -0.1) is 0 Å². The maximum Gasteiger partial charge on any atom is 0.305 e. The number of ketones is 1. The van der Waals surface area contributed by atoms with Crippen molar-refractivity contribution in [2.75, 3.05) is 7.11 Å². The molecular formula is C26H27NO3. The van der Waals surface area contributed by atoms with Gasteiger partial charge in [-0.3, -0.25) is 9.59 Å². The van der Waals surface area contributed by atoms with Crippen LogP contribution in [0.4, 0.5) is 0 Å². The summed E-state index contributed by atoms with van der Waals surface area (Å²) < 4.78 is 6.95. The number of hydrogen-bond acceptors (Lipinski definition) is 3. The molecule has 0 saturated carbocycles. The van der Waals surface area contributed by atoms with Crippen LogP contribution in [0.2, 0.25) is 0 Å². The van der Waals surface area contributed by atoms with Gasteiger partial charge in [0.1, 0.15) is 0 Å². The number of nitrogens with zero attached hydrogens (tertiary/aromatic N) is 1. The minimum absolute atomic E-state index is 0.157. The first kappa shape index (κ1) is 20.1. The van der Waals surface area contributed by atoms with Crippen LogP contribution in [0.5, 0.6) is 0 Å². The van der Waals surface area contributed by atoms with E-state index >= 15 is 0 Å². The Bertz CT molecular complexity index is 1040. The number of carbonyl (C=O) groups is 2. The Balaban J connectivity index is 1.75. The first-order valence-corrected chi connectivity index (χ1v) is 10.7. The molecule has 4 heteroatoms. The second kappa shape index (κ2) is 9.12. The molecule has 154 valence electrons. The van der Waals surface area contributed by atoms with E-state index in [1.54, 1.807) is 0 Å². The molecule has 0 aliphatic carbocycles. The SMILES string of the molecule is COC(=O)CCCCC(=O)c1c(-c2ccccc2)c(-c2ccccc2)c2n1CCC2. The van der Waals surface area contributed by atoms with E-state index in [0.29, 0.717) is 25.7 Å². The molecule has 0 radical (unpaired) electrons. The lowest BCUT2D eigenvalue weighted by atomic mass is 9.92. The molecule has 0 saturated heterocycles. The lowest BCUT2D eigenvalue weighted by Crippen LogP contribution is -2.09. The molecule has 4 rings (SSSR count). The number of benzene rings is 2. The van der Waals surface area contributed by atoms with Crippen LogP contribution in [0.25, 0.3) is 22.3 Å². The van der Waals surface area contributed by atoms with E-state index in [1.807, 2.05) is 24.3 Å². The molecule has 0 unspecified atom stereocenters. The summed E-state index contributed by atoms with van der Waals surface area (Å²) in [6.45, 7) is 0.880. The lowest BCUT2D eigenvalue weighted by molar-refractivity contribution is -0.140. The molecular weight excluding hydrogens is 374 g/mol. The highest BCUT2D eigenvalue weighted by Gasteiger charge is 2.30.